The lowest BCUT2D eigenvalue weighted by Gasteiger charge is -2.16. The van der Waals surface area contributed by atoms with E-state index >= 15 is 0 Å². The van der Waals surface area contributed by atoms with Crippen molar-refractivity contribution in [3.05, 3.63) is 36.4 Å². The van der Waals surface area contributed by atoms with E-state index in [4.69, 9.17) is 0 Å². The number of carbonyl (C=O) groups is 1. The van der Waals surface area contributed by atoms with E-state index in [2.05, 4.69) is 11.9 Å². The molecule has 0 aliphatic carbocycles. The SMILES string of the molecule is C=CC(C)Nc1ccc(S(=O)(=O)N(C)C)cc1C(=O)O. The minimum Gasteiger partial charge on any atom is -0.478 e. The first kappa shape index (κ1) is 16.2. The predicted octanol–water partition coefficient (Wildman–Crippen LogP) is 1.62. The molecule has 0 aromatic heterocycles. The largest absolute Gasteiger partial charge is 0.478 e. The fraction of sp³-hybridized carbons (Fsp3) is 0.308. The molecule has 1 atom stereocenters. The number of hydrogen-bond acceptors (Lipinski definition) is 4. The summed E-state index contributed by atoms with van der Waals surface area (Å²) in [6.07, 6.45) is 1.62. The smallest absolute Gasteiger partial charge is 0.337 e. The molecular formula is C13H18N2O4S. The van der Waals surface area contributed by atoms with E-state index in [1.165, 1.54) is 26.2 Å². The Labute approximate surface area is 118 Å². The van der Waals surface area contributed by atoms with Crippen LogP contribution in [0.2, 0.25) is 0 Å². The Morgan fingerprint density at radius 3 is 2.50 bits per heavy atom. The number of sulfonamides is 1. The Morgan fingerprint density at radius 1 is 1.45 bits per heavy atom. The second-order valence-electron chi connectivity index (χ2n) is 4.47. The van der Waals surface area contributed by atoms with Gasteiger partial charge in [-0.3, -0.25) is 0 Å². The summed E-state index contributed by atoms with van der Waals surface area (Å²) in [6, 6.07) is 3.83. The number of benzene rings is 1. The summed E-state index contributed by atoms with van der Waals surface area (Å²) < 4.78 is 25.0. The number of rotatable bonds is 6. The molecule has 0 heterocycles. The quantitative estimate of drug-likeness (QED) is 0.779. The van der Waals surface area contributed by atoms with Crippen LogP contribution in [-0.2, 0) is 10.0 Å². The fourth-order valence-electron chi connectivity index (χ4n) is 1.50. The Kier molecular flexibility index (Phi) is 4.91. The van der Waals surface area contributed by atoms with Gasteiger partial charge in [-0.05, 0) is 25.1 Å². The van der Waals surface area contributed by atoms with E-state index in [1.807, 2.05) is 6.92 Å². The highest BCUT2D eigenvalue weighted by Gasteiger charge is 2.21. The molecule has 0 aliphatic rings. The van der Waals surface area contributed by atoms with Gasteiger partial charge < -0.3 is 10.4 Å². The van der Waals surface area contributed by atoms with Gasteiger partial charge in [-0.25, -0.2) is 17.5 Å². The van der Waals surface area contributed by atoms with Crippen LogP contribution in [-0.4, -0.2) is 43.9 Å². The summed E-state index contributed by atoms with van der Waals surface area (Å²) >= 11 is 0. The minimum atomic E-state index is -3.66. The van der Waals surface area contributed by atoms with Crippen molar-refractivity contribution in [3.8, 4) is 0 Å². The first-order chi connectivity index (χ1) is 9.20. The average molecular weight is 298 g/mol. The third-order valence-corrected chi connectivity index (χ3v) is 4.55. The van der Waals surface area contributed by atoms with Gasteiger partial charge in [0, 0.05) is 25.8 Å². The van der Waals surface area contributed by atoms with Crippen LogP contribution in [0, 0.1) is 0 Å². The van der Waals surface area contributed by atoms with Gasteiger partial charge >= 0.3 is 5.97 Å². The van der Waals surface area contributed by atoms with Gasteiger partial charge in [-0.2, -0.15) is 0 Å². The molecule has 20 heavy (non-hydrogen) atoms. The van der Waals surface area contributed by atoms with Crippen LogP contribution < -0.4 is 5.32 Å². The van der Waals surface area contributed by atoms with Crippen LogP contribution in [0.15, 0.2) is 35.7 Å². The molecule has 1 rings (SSSR count). The molecule has 110 valence electrons. The van der Waals surface area contributed by atoms with Crippen molar-refractivity contribution in [1.82, 2.24) is 4.31 Å². The van der Waals surface area contributed by atoms with Crippen molar-refractivity contribution in [2.75, 3.05) is 19.4 Å². The standard InChI is InChI=1S/C13H18N2O4S/c1-5-9(2)14-12-7-6-10(8-11(12)13(16)17)20(18,19)15(3)4/h5-9,14H,1H2,2-4H3,(H,16,17). The topological polar surface area (TPSA) is 86.7 Å². The van der Waals surface area contributed by atoms with E-state index in [9.17, 15) is 18.3 Å². The monoisotopic (exact) mass is 298 g/mol. The Bertz CT molecular complexity index is 623. The molecule has 1 aromatic rings. The minimum absolute atomic E-state index is 0.0586. The van der Waals surface area contributed by atoms with Gasteiger partial charge in [0.05, 0.1) is 10.5 Å². The third-order valence-electron chi connectivity index (χ3n) is 2.74. The lowest BCUT2D eigenvalue weighted by molar-refractivity contribution is 0.0697. The van der Waals surface area contributed by atoms with Crippen molar-refractivity contribution in [2.45, 2.75) is 17.9 Å². The lowest BCUT2D eigenvalue weighted by Crippen LogP contribution is -2.23. The Morgan fingerprint density at radius 2 is 2.05 bits per heavy atom. The molecule has 0 amide bonds. The number of nitrogens with one attached hydrogen (secondary N) is 1. The zero-order chi connectivity index (χ0) is 15.5. The van der Waals surface area contributed by atoms with Crippen LogP contribution in [0.3, 0.4) is 0 Å². The summed E-state index contributed by atoms with van der Waals surface area (Å²) in [5.41, 5.74) is 0.254. The van der Waals surface area contributed by atoms with Crippen LogP contribution in [0.4, 0.5) is 5.69 Å². The van der Waals surface area contributed by atoms with Crippen LogP contribution in [0.5, 0.6) is 0 Å². The van der Waals surface area contributed by atoms with Crippen LogP contribution in [0.25, 0.3) is 0 Å². The van der Waals surface area contributed by atoms with Crippen LogP contribution in [0.1, 0.15) is 17.3 Å². The number of nitrogens with zero attached hydrogens (tertiary/aromatic N) is 1. The van der Waals surface area contributed by atoms with Crippen molar-refractivity contribution in [1.29, 1.82) is 0 Å². The Balaban J connectivity index is 3.34. The van der Waals surface area contributed by atoms with Crippen molar-refractivity contribution in [2.24, 2.45) is 0 Å². The second kappa shape index (κ2) is 6.06. The van der Waals surface area contributed by atoms with Gasteiger partial charge in [0.1, 0.15) is 0 Å². The number of anilines is 1. The van der Waals surface area contributed by atoms with Crippen molar-refractivity contribution < 1.29 is 18.3 Å². The number of hydrogen-bond donors (Lipinski definition) is 2. The van der Waals surface area contributed by atoms with Gasteiger partial charge in [0.25, 0.3) is 0 Å². The van der Waals surface area contributed by atoms with E-state index in [0.29, 0.717) is 5.69 Å². The molecule has 0 bridgehead atoms. The highest BCUT2D eigenvalue weighted by Crippen LogP contribution is 2.23. The summed E-state index contributed by atoms with van der Waals surface area (Å²) in [6.45, 7) is 5.41. The summed E-state index contributed by atoms with van der Waals surface area (Å²) in [7, 11) is -0.880. The fourth-order valence-corrected chi connectivity index (χ4v) is 2.43. The van der Waals surface area contributed by atoms with E-state index < -0.39 is 16.0 Å². The molecule has 0 spiro atoms. The zero-order valence-corrected chi connectivity index (χ0v) is 12.4. The van der Waals surface area contributed by atoms with Crippen molar-refractivity contribution >= 4 is 21.7 Å². The van der Waals surface area contributed by atoms with Gasteiger partial charge in [0.2, 0.25) is 10.0 Å². The molecular weight excluding hydrogens is 280 g/mol. The molecule has 7 heteroatoms. The maximum Gasteiger partial charge on any atom is 0.337 e. The number of carboxylic acid groups (broad SMARTS) is 1. The van der Waals surface area contributed by atoms with Gasteiger partial charge in [-0.1, -0.05) is 6.08 Å². The zero-order valence-electron chi connectivity index (χ0n) is 11.6. The molecule has 0 saturated heterocycles. The molecule has 2 N–H and O–H groups in total. The maximum atomic E-state index is 12.0. The lowest BCUT2D eigenvalue weighted by atomic mass is 10.1. The van der Waals surface area contributed by atoms with Gasteiger partial charge in [0.15, 0.2) is 0 Å². The molecule has 6 nitrogen and oxygen atoms in total. The van der Waals surface area contributed by atoms with Crippen molar-refractivity contribution in [3.63, 3.8) is 0 Å². The molecule has 1 aromatic carbocycles. The molecule has 0 radical (unpaired) electrons. The second-order valence-corrected chi connectivity index (χ2v) is 6.62. The normalized spacial score (nSPS) is 13.0. The maximum absolute atomic E-state index is 12.0. The first-order valence-electron chi connectivity index (χ1n) is 5.89. The third kappa shape index (κ3) is 3.37. The predicted molar refractivity (Wildman–Crippen MR) is 77.6 cm³/mol. The molecule has 0 aliphatic heterocycles. The average Bonchev–Trinajstić information content (AvgIpc) is 2.38. The summed E-state index contributed by atoms with van der Waals surface area (Å²) in [5.74, 6) is -1.19. The molecule has 1 unspecified atom stereocenters. The Hall–Kier alpha value is -1.86. The van der Waals surface area contributed by atoms with E-state index in [-0.39, 0.29) is 16.5 Å². The van der Waals surface area contributed by atoms with Gasteiger partial charge in [-0.15, -0.1) is 6.58 Å². The first-order valence-corrected chi connectivity index (χ1v) is 7.33. The van der Waals surface area contributed by atoms with E-state index in [1.54, 1.807) is 6.08 Å². The number of carboxylic acids is 1. The van der Waals surface area contributed by atoms with E-state index in [0.717, 1.165) is 10.4 Å². The number of aromatic carboxylic acids is 1. The summed E-state index contributed by atoms with van der Waals surface area (Å²) in [4.78, 5) is 11.2. The summed E-state index contributed by atoms with van der Waals surface area (Å²) in [5, 5.41) is 12.1. The molecule has 0 fully saturated rings. The molecule has 0 saturated carbocycles. The highest BCUT2D eigenvalue weighted by molar-refractivity contribution is 7.89. The van der Waals surface area contributed by atoms with Crippen LogP contribution >= 0.6 is 0 Å². The highest BCUT2D eigenvalue weighted by atomic mass is 32.2.